The van der Waals surface area contributed by atoms with Gasteiger partial charge in [0.2, 0.25) is 0 Å². The molecular formula is C6H17ClMgO2Si. The summed E-state index contributed by atoms with van der Waals surface area (Å²) in [6, 6.07) is 0. The van der Waals surface area contributed by atoms with Gasteiger partial charge in [-0.2, -0.15) is 0 Å². The molecule has 0 aromatic heterocycles. The van der Waals surface area contributed by atoms with Crippen molar-refractivity contribution in [2.24, 2.45) is 0 Å². The summed E-state index contributed by atoms with van der Waals surface area (Å²) < 4.78 is 11.9. The minimum absolute atomic E-state index is 0. The lowest BCUT2D eigenvalue weighted by Gasteiger charge is -2.15. The van der Waals surface area contributed by atoms with Crippen LogP contribution in [0.2, 0.25) is 4.55 Å². The molecule has 0 aliphatic heterocycles. The molecule has 0 aromatic carbocycles. The molecule has 0 heterocycles. The second-order valence-corrected chi connectivity index (χ2v) is 6.71. The van der Waals surface area contributed by atoms with Crippen molar-refractivity contribution >= 4 is 39.9 Å². The third-order valence-corrected chi connectivity index (χ3v) is 4.01. The molecule has 0 aliphatic carbocycles. The molecule has 2 nitrogen and oxygen atoms in total. The maximum absolute atomic E-state index is 5.36. The van der Waals surface area contributed by atoms with Gasteiger partial charge in [-0.05, 0) is 13.8 Å². The topological polar surface area (TPSA) is 18.5 Å². The molecule has 0 N–H and O–H groups in total. The zero-order chi connectivity index (χ0) is 7.82. The lowest BCUT2D eigenvalue weighted by Crippen LogP contribution is -2.19. The third-order valence-electron chi connectivity index (χ3n) is 1.23. The predicted octanol–water partition coefficient (Wildman–Crippen LogP) is 0.210. The molecule has 0 saturated heterocycles. The smallest absolute Gasteiger partial charge is 0.355 e. The van der Waals surface area contributed by atoms with Crippen LogP contribution in [-0.4, -0.2) is 47.0 Å². The fourth-order valence-corrected chi connectivity index (χ4v) is 3.04. The molecule has 0 amide bonds. The first kappa shape index (κ1) is 14.7. The Morgan fingerprint density at radius 2 is 1.73 bits per heavy atom. The number of hydrogen-bond donors (Lipinski definition) is 0. The van der Waals surface area contributed by atoms with Gasteiger partial charge in [0.15, 0.2) is 0 Å². The van der Waals surface area contributed by atoms with Crippen molar-refractivity contribution in [1.82, 2.24) is 0 Å². The number of ether oxygens (including phenoxy) is 2. The zero-order valence-corrected chi connectivity index (χ0v) is 11.9. The Hall–Kier alpha value is 1.19. The Labute approximate surface area is 87.1 Å². The van der Waals surface area contributed by atoms with Crippen molar-refractivity contribution in [3.05, 3.63) is 0 Å². The van der Waals surface area contributed by atoms with Gasteiger partial charge < -0.3 is 9.47 Å². The molecule has 0 aliphatic rings. The molecule has 0 unspecified atom stereocenters. The van der Waals surface area contributed by atoms with Crippen LogP contribution in [0.15, 0.2) is 0 Å². The first-order chi connectivity index (χ1) is 4.85. The van der Waals surface area contributed by atoms with Gasteiger partial charge in [0.25, 0.3) is 0 Å². The molecule has 0 radical (unpaired) electrons. The van der Waals surface area contributed by atoms with Gasteiger partial charge in [0.05, 0.1) is 0 Å². The molecule has 0 rings (SSSR count). The fraction of sp³-hybridized carbons (Fsp3) is 1.00. The number of halogens is 1. The summed E-state index contributed by atoms with van der Waals surface area (Å²) in [5.41, 5.74) is 0. The van der Waals surface area contributed by atoms with Crippen LogP contribution in [0.1, 0.15) is 13.8 Å². The number of rotatable bonds is 6. The molecule has 5 heteroatoms. The summed E-state index contributed by atoms with van der Waals surface area (Å²) in [5, 5.41) is 0. The van der Waals surface area contributed by atoms with Gasteiger partial charge >= 0.3 is 19.6 Å². The Kier molecular flexibility index (Phi) is 15.0. The second-order valence-electron chi connectivity index (χ2n) is 2.13. The average molecular weight is 209 g/mol. The molecule has 0 atom stereocenters. The van der Waals surface area contributed by atoms with Crippen molar-refractivity contribution < 1.29 is 9.47 Å². The minimum atomic E-state index is 0. The molecule has 66 valence electrons. The van der Waals surface area contributed by atoms with Gasteiger partial charge in [-0.1, -0.05) is 0 Å². The van der Waals surface area contributed by atoms with Crippen LogP contribution in [-0.2, 0) is 9.47 Å². The van der Waals surface area contributed by atoms with Crippen LogP contribution in [0.3, 0.4) is 0 Å². The Bertz CT molecular complexity index is 63.3. The molecule has 0 saturated carbocycles. The highest BCUT2D eigenvalue weighted by atomic mass is 35.5. The van der Waals surface area contributed by atoms with E-state index < -0.39 is 0 Å². The molecule has 0 spiro atoms. The average Bonchev–Trinajstić information content (AvgIpc) is 1.90. The lowest BCUT2D eigenvalue weighted by molar-refractivity contribution is -0.122. The van der Waals surface area contributed by atoms with E-state index in [2.05, 4.69) is 0 Å². The van der Waals surface area contributed by atoms with Gasteiger partial charge in [0.1, 0.15) is 6.29 Å². The fourth-order valence-electron chi connectivity index (χ4n) is 0.822. The van der Waals surface area contributed by atoms with E-state index in [9.17, 15) is 0 Å². The summed E-state index contributed by atoms with van der Waals surface area (Å²) in [4.78, 5) is 0. The molecule has 0 bridgehead atoms. The Balaban J connectivity index is 0. The van der Waals surface area contributed by atoms with Gasteiger partial charge in [-0.3, -0.25) is 0 Å². The molecule has 0 aromatic rings. The Morgan fingerprint density at radius 3 is 2.00 bits per heavy atom. The normalized spacial score (nSPS) is 9.36. The third kappa shape index (κ3) is 9.10. The standard InChI is InChI=1S/C6H13O2.ClH.Mg.H3Si/c1-4-7-6(3)8-5-2;;;/h6H,3-5H2,1-2H3;1H;;1H3. The van der Waals surface area contributed by atoms with Crippen molar-refractivity contribution in [3.63, 3.8) is 0 Å². The van der Waals surface area contributed by atoms with Crippen molar-refractivity contribution in [2.75, 3.05) is 13.2 Å². The minimum Gasteiger partial charge on any atom is -0.355 e. The molecular weight excluding hydrogens is 192 g/mol. The maximum Gasteiger partial charge on any atom is 0.358 e. The Morgan fingerprint density at radius 1 is 1.27 bits per heavy atom. The summed E-state index contributed by atoms with van der Waals surface area (Å²) in [5.74, 6) is 0. The molecule has 11 heavy (non-hydrogen) atoms. The van der Waals surface area contributed by atoms with E-state index in [-0.39, 0.29) is 38.3 Å². The summed E-state index contributed by atoms with van der Waals surface area (Å²) >= 11 is 0.215. The van der Waals surface area contributed by atoms with E-state index in [0.717, 1.165) is 13.2 Å². The SMILES string of the molecule is CCOC([CH2][Mg][SiH3])OCC.Cl. The van der Waals surface area contributed by atoms with Crippen molar-refractivity contribution in [3.8, 4) is 0 Å². The van der Waals surface area contributed by atoms with E-state index in [1.165, 1.54) is 12.4 Å². The first-order valence-electron chi connectivity index (χ1n) is 4.08. The van der Waals surface area contributed by atoms with Gasteiger partial charge in [-0.25, -0.2) is 0 Å². The monoisotopic (exact) mass is 208 g/mol. The van der Waals surface area contributed by atoms with Crippen LogP contribution < -0.4 is 0 Å². The maximum atomic E-state index is 5.36. The van der Waals surface area contributed by atoms with E-state index in [1.54, 1.807) is 0 Å². The number of hydrogen-bond acceptors (Lipinski definition) is 2. The quantitative estimate of drug-likeness (QED) is 0.460. The summed E-state index contributed by atoms with van der Waals surface area (Å²) in [7, 11) is 1.38. The largest absolute Gasteiger partial charge is 0.358 e. The van der Waals surface area contributed by atoms with E-state index >= 15 is 0 Å². The van der Waals surface area contributed by atoms with Crippen molar-refractivity contribution in [1.29, 1.82) is 0 Å². The van der Waals surface area contributed by atoms with Crippen LogP contribution in [0.25, 0.3) is 0 Å². The highest BCUT2D eigenvalue weighted by Gasteiger charge is 2.05. The van der Waals surface area contributed by atoms with Gasteiger partial charge in [0, 0.05) is 13.2 Å². The van der Waals surface area contributed by atoms with Crippen LogP contribution >= 0.6 is 12.4 Å². The van der Waals surface area contributed by atoms with Crippen LogP contribution in [0.5, 0.6) is 0 Å². The zero-order valence-electron chi connectivity index (χ0n) is 7.63. The van der Waals surface area contributed by atoms with Crippen molar-refractivity contribution in [2.45, 2.75) is 24.7 Å². The lowest BCUT2D eigenvalue weighted by atomic mass is 10.7. The second kappa shape index (κ2) is 11.2. The van der Waals surface area contributed by atoms with Crippen LogP contribution in [0.4, 0.5) is 0 Å². The highest BCUT2D eigenvalue weighted by molar-refractivity contribution is 6.89. The van der Waals surface area contributed by atoms with E-state index in [0.29, 0.717) is 0 Å². The van der Waals surface area contributed by atoms with E-state index in [4.69, 9.17) is 9.47 Å². The van der Waals surface area contributed by atoms with Gasteiger partial charge in [-0.15, -0.1) is 24.8 Å². The summed E-state index contributed by atoms with van der Waals surface area (Å²) in [6.45, 7) is 5.59. The predicted molar refractivity (Wildman–Crippen MR) is 54.8 cm³/mol. The summed E-state index contributed by atoms with van der Waals surface area (Å²) in [6.07, 6.45) is 0.124. The van der Waals surface area contributed by atoms with E-state index in [1.807, 2.05) is 13.8 Å². The molecule has 0 fully saturated rings. The van der Waals surface area contributed by atoms with Crippen LogP contribution in [0, 0.1) is 0 Å². The highest BCUT2D eigenvalue weighted by Crippen LogP contribution is 1.99. The first-order valence-corrected chi connectivity index (χ1v) is 10.7.